The molecule has 1 saturated carbocycles. The first-order valence-electron chi connectivity index (χ1n) is 6.58. The Morgan fingerprint density at radius 1 is 1.24 bits per heavy atom. The van der Waals surface area contributed by atoms with E-state index in [-0.39, 0.29) is 24.5 Å². The van der Waals surface area contributed by atoms with Gasteiger partial charge in [-0.25, -0.2) is 0 Å². The predicted octanol–water partition coefficient (Wildman–Crippen LogP) is 2.62. The van der Waals surface area contributed by atoms with Gasteiger partial charge in [-0.05, 0) is 43.2 Å². The maximum absolute atomic E-state index is 10.4. The van der Waals surface area contributed by atoms with E-state index in [1.54, 1.807) is 0 Å². The second kappa shape index (κ2) is 5.65. The van der Waals surface area contributed by atoms with Crippen LogP contribution in [0.25, 0.3) is 0 Å². The van der Waals surface area contributed by atoms with Crippen LogP contribution in [0.4, 0.5) is 0 Å². The summed E-state index contributed by atoms with van der Waals surface area (Å²) >= 11 is 0. The van der Waals surface area contributed by atoms with E-state index in [4.69, 9.17) is 5.11 Å². The van der Waals surface area contributed by atoms with Crippen LogP contribution in [0.15, 0.2) is 24.3 Å². The first kappa shape index (κ1) is 12.6. The number of aryl methyl sites for hydroxylation is 1. The third-order valence-corrected chi connectivity index (χ3v) is 4.07. The number of aliphatic hydroxyl groups excluding tert-OH is 2. The van der Waals surface area contributed by atoms with Crippen molar-refractivity contribution in [2.45, 2.75) is 44.6 Å². The summed E-state index contributed by atoms with van der Waals surface area (Å²) in [7, 11) is 0. The van der Waals surface area contributed by atoms with Crippen molar-refractivity contribution in [3.63, 3.8) is 0 Å². The minimum Gasteiger partial charge on any atom is -0.396 e. The molecule has 0 saturated heterocycles. The maximum Gasteiger partial charge on any atom is 0.0637 e. The number of hydrogen-bond acceptors (Lipinski definition) is 2. The van der Waals surface area contributed by atoms with Crippen LogP contribution in [-0.4, -0.2) is 22.9 Å². The van der Waals surface area contributed by atoms with Crippen molar-refractivity contribution in [3.05, 3.63) is 35.4 Å². The Morgan fingerprint density at radius 3 is 2.71 bits per heavy atom. The smallest absolute Gasteiger partial charge is 0.0637 e. The molecular formula is C15H22O2. The van der Waals surface area contributed by atoms with Crippen molar-refractivity contribution in [2.24, 2.45) is 5.92 Å². The molecule has 3 atom stereocenters. The minimum absolute atomic E-state index is 0.183. The number of aliphatic hydroxyl groups is 2. The molecule has 0 heterocycles. The van der Waals surface area contributed by atoms with Crippen LogP contribution in [0, 0.1) is 12.8 Å². The SMILES string of the molecule is Cc1ccccc1C1CCCC(CCO)C1O. The van der Waals surface area contributed by atoms with Gasteiger partial charge in [0.1, 0.15) is 0 Å². The van der Waals surface area contributed by atoms with Crippen LogP contribution < -0.4 is 0 Å². The molecule has 2 N–H and O–H groups in total. The van der Waals surface area contributed by atoms with Gasteiger partial charge >= 0.3 is 0 Å². The third-order valence-electron chi connectivity index (χ3n) is 4.07. The number of hydrogen-bond donors (Lipinski definition) is 2. The maximum atomic E-state index is 10.4. The molecule has 1 aliphatic carbocycles. The summed E-state index contributed by atoms with van der Waals surface area (Å²) in [5.74, 6) is 0.514. The van der Waals surface area contributed by atoms with E-state index in [9.17, 15) is 5.11 Å². The largest absolute Gasteiger partial charge is 0.396 e. The molecule has 2 heteroatoms. The van der Waals surface area contributed by atoms with E-state index < -0.39 is 0 Å². The van der Waals surface area contributed by atoms with Crippen molar-refractivity contribution in [2.75, 3.05) is 6.61 Å². The topological polar surface area (TPSA) is 40.5 Å². The summed E-state index contributed by atoms with van der Waals surface area (Å²) in [6.07, 6.45) is 3.69. The van der Waals surface area contributed by atoms with Crippen molar-refractivity contribution in [1.29, 1.82) is 0 Å². The van der Waals surface area contributed by atoms with Gasteiger partial charge in [-0.2, -0.15) is 0 Å². The Balaban J connectivity index is 2.18. The fourth-order valence-electron chi connectivity index (χ4n) is 3.09. The number of rotatable bonds is 3. The summed E-state index contributed by atoms with van der Waals surface area (Å²) < 4.78 is 0. The Kier molecular flexibility index (Phi) is 4.19. The highest BCUT2D eigenvalue weighted by Gasteiger charge is 2.32. The fourth-order valence-corrected chi connectivity index (χ4v) is 3.09. The zero-order valence-electron chi connectivity index (χ0n) is 10.5. The molecular weight excluding hydrogens is 212 g/mol. The zero-order chi connectivity index (χ0) is 12.3. The van der Waals surface area contributed by atoms with Crippen molar-refractivity contribution in [1.82, 2.24) is 0 Å². The molecule has 1 aromatic carbocycles. The summed E-state index contributed by atoms with van der Waals surface area (Å²) in [5.41, 5.74) is 2.55. The highest BCUT2D eigenvalue weighted by molar-refractivity contribution is 5.30. The van der Waals surface area contributed by atoms with Gasteiger partial charge in [0.2, 0.25) is 0 Å². The molecule has 0 spiro atoms. The highest BCUT2D eigenvalue weighted by atomic mass is 16.3. The zero-order valence-corrected chi connectivity index (χ0v) is 10.5. The molecule has 17 heavy (non-hydrogen) atoms. The van der Waals surface area contributed by atoms with Crippen LogP contribution in [0.2, 0.25) is 0 Å². The van der Waals surface area contributed by atoms with Crippen LogP contribution in [0.5, 0.6) is 0 Å². The van der Waals surface area contributed by atoms with Gasteiger partial charge in [0.15, 0.2) is 0 Å². The number of benzene rings is 1. The molecule has 2 rings (SSSR count). The Bertz CT molecular complexity index is 360. The van der Waals surface area contributed by atoms with E-state index in [2.05, 4.69) is 19.1 Å². The highest BCUT2D eigenvalue weighted by Crippen LogP contribution is 2.38. The second-order valence-corrected chi connectivity index (χ2v) is 5.16. The molecule has 0 bridgehead atoms. The van der Waals surface area contributed by atoms with Gasteiger partial charge in [-0.1, -0.05) is 30.7 Å². The summed E-state index contributed by atoms with van der Waals surface area (Å²) in [6, 6.07) is 8.33. The molecule has 1 aromatic rings. The lowest BCUT2D eigenvalue weighted by molar-refractivity contribution is 0.0360. The lowest BCUT2D eigenvalue weighted by Crippen LogP contribution is -2.32. The first-order chi connectivity index (χ1) is 8.24. The molecule has 2 nitrogen and oxygen atoms in total. The second-order valence-electron chi connectivity index (χ2n) is 5.16. The molecule has 3 unspecified atom stereocenters. The Morgan fingerprint density at radius 2 is 2.00 bits per heavy atom. The van der Waals surface area contributed by atoms with Gasteiger partial charge in [-0.3, -0.25) is 0 Å². The van der Waals surface area contributed by atoms with E-state index >= 15 is 0 Å². The van der Waals surface area contributed by atoms with Gasteiger partial charge in [0.25, 0.3) is 0 Å². The summed E-state index contributed by atoms with van der Waals surface area (Å²) in [5, 5.41) is 19.5. The molecule has 1 fully saturated rings. The summed E-state index contributed by atoms with van der Waals surface area (Å²) in [6.45, 7) is 2.29. The molecule has 0 aliphatic heterocycles. The third kappa shape index (κ3) is 2.70. The van der Waals surface area contributed by atoms with Crippen molar-refractivity contribution < 1.29 is 10.2 Å². The first-order valence-corrected chi connectivity index (χ1v) is 6.58. The average Bonchev–Trinajstić information content (AvgIpc) is 2.33. The fraction of sp³-hybridized carbons (Fsp3) is 0.600. The Hall–Kier alpha value is -0.860. The molecule has 0 radical (unpaired) electrons. The molecule has 94 valence electrons. The predicted molar refractivity (Wildman–Crippen MR) is 69.0 cm³/mol. The van der Waals surface area contributed by atoms with Gasteiger partial charge in [0, 0.05) is 12.5 Å². The van der Waals surface area contributed by atoms with E-state index in [0.717, 1.165) is 25.7 Å². The van der Waals surface area contributed by atoms with Gasteiger partial charge in [0.05, 0.1) is 6.10 Å². The quantitative estimate of drug-likeness (QED) is 0.844. The molecule has 1 aliphatic rings. The van der Waals surface area contributed by atoms with E-state index in [1.807, 2.05) is 12.1 Å². The van der Waals surface area contributed by atoms with Crippen molar-refractivity contribution in [3.8, 4) is 0 Å². The lowest BCUT2D eigenvalue weighted by atomic mass is 9.73. The van der Waals surface area contributed by atoms with Crippen LogP contribution >= 0.6 is 0 Å². The lowest BCUT2D eigenvalue weighted by Gasteiger charge is -2.35. The van der Waals surface area contributed by atoms with E-state index in [1.165, 1.54) is 11.1 Å². The monoisotopic (exact) mass is 234 g/mol. The Labute approximate surface area is 103 Å². The summed E-state index contributed by atoms with van der Waals surface area (Å²) in [4.78, 5) is 0. The van der Waals surface area contributed by atoms with Crippen LogP contribution in [-0.2, 0) is 0 Å². The minimum atomic E-state index is -0.294. The van der Waals surface area contributed by atoms with Gasteiger partial charge in [-0.15, -0.1) is 0 Å². The molecule has 0 aromatic heterocycles. The van der Waals surface area contributed by atoms with Crippen molar-refractivity contribution >= 4 is 0 Å². The van der Waals surface area contributed by atoms with Crippen LogP contribution in [0.1, 0.15) is 42.7 Å². The van der Waals surface area contributed by atoms with E-state index in [0.29, 0.717) is 0 Å². The standard InChI is InChI=1S/C15H22O2/c1-11-5-2-3-7-13(11)14-8-4-6-12(9-10-16)15(14)17/h2-3,5,7,12,14-17H,4,6,8-10H2,1H3. The normalized spacial score (nSPS) is 29.2. The van der Waals surface area contributed by atoms with Crippen LogP contribution in [0.3, 0.4) is 0 Å². The average molecular weight is 234 g/mol. The molecule has 0 amide bonds. The van der Waals surface area contributed by atoms with Gasteiger partial charge < -0.3 is 10.2 Å².